The van der Waals surface area contributed by atoms with E-state index in [0.29, 0.717) is 6.04 Å². The van der Waals surface area contributed by atoms with Crippen LogP contribution in [0.4, 0.5) is 0 Å². The summed E-state index contributed by atoms with van der Waals surface area (Å²) in [7, 11) is 2.12. The summed E-state index contributed by atoms with van der Waals surface area (Å²) in [6, 6.07) is 3.01. The maximum Gasteiger partial charge on any atom is 0.105 e. The number of nitrogens with zero attached hydrogens (tertiary/aromatic N) is 2. The van der Waals surface area contributed by atoms with Crippen molar-refractivity contribution in [3.05, 3.63) is 0 Å². The number of nitriles is 1. The quantitative estimate of drug-likeness (QED) is 0.694. The van der Waals surface area contributed by atoms with Crippen molar-refractivity contribution >= 4 is 0 Å². The molecule has 3 nitrogen and oxygen atoms in total. The molecule has 86 valence electrons. The number of hydrogen-bond acceptors (Lipinski definition) is 3. The van der Waals surface area contributed by atoms with E-state index in [1.807, 2.05) is 6.92 Å². The summed E-state index contributed by atoms with van der Waals surface area (Å²) in [4.78, 5) is 2.30. The van der Waals surface area contributed by atoms with Crippen LogP contribution in [0.5, 0.6) is 0 Å². The number of nitrogens with one attached hydrogen (secondary N) is 1. The van der Waals surface area contributed by atoms with E-state index < -0.39 is 0 Å². The van der Waals surface area contributed by atoms with Crippen LogP contribution in [0, 0.1) is 11.3 Å². The predicted molar refractivity (Wildman–Crippen MR) is 62.6 cm³/mol. The molecule has 0 bridgehead atoms. The van der Waals surface area contributed by atoms with Gasteiger partial charge in [0, 0.05) is 12.6 Å². The van der Waals surface area contributed by atoms with Gasteiger partial charge in [-0.2, -0.15) is 5.26 Å². The van der Waals surface area contributed by atoms with Gasteiger partial charge < -0.3 is 4.90 Å². The topological polar surface area (TPSA) is 39.1 Å². The van der Waals surface area contributed by atoms with Crippen LogP contribution in [0.15, 0.2) is 0 Å². The fourth-order valence-electron chi connectivity index (χ4n) is 1.75. The molecule has 3 heteroatoms. The highest BCUT2D eigenvalue weighted by atomic mass is 15.1. The van der Waals surface area contributed by atoms with E-state index in [0.717, 1.165) is 19.5 Å². The molecule has 1 N–H and O–H groups in total. The van der Waals surface area contributed by atoms with Gasteiger partial charge in [0.15, 0.2) is 0 Å². The molecule has 1 rings (SSSR count). The highest BCUT2D eigenvalue weighted by molar-refractivity contribution is 5.07. The van der Waals surface area contributed by atoms with Crippen LogP contribution >= 0.6 is 0 Å². The zero-order valence-corrected chi connectivity index (χ0v) is 10.2. The first kappa shape index (κ1) is 12.5. The van der Waals surface area contributed by atoms with Crippen molar-refractivity contribution in [2.24, 2.45) is 0 Å². The van der Waals surface area contributed by atoms with Crippen molar-refractivity contribution < 1.29 is 0 Å². The molecule has 0 amide bonds. The fraction of sp³-hybridized carbons (Fsp3) is 0.917. The van der Waals surface area contributed by atoms with E-state index in [-0.39, 0.29) is 5.54 Å². The first-order valence-corrected chi connectivity index (χ1v) is 5.97. The molecule has 1 atom stereocenters. The molecular formula is C12H23N3. The second kappa shape index (κ2) is 5.48. The molecule has 0 aromatic rings. The van der Waals surface area contributed by atoms with Crippen molar-refractivity contribution in [2.45, 2.75) is 51.1 Å². The van der Waals surface area contributed by atoms with Crippen molar-refractivity contribution in [3.63, 3.8) is 0 Å². The van der Waals surface area contributed by atoms with Crippen LogP contribution < -0.4 is 5.32 Å². The summed E-state index contributed by atoms with van der Waals surface area (Å²) in [6.45, 7) is 6.32. The average molecular weight is 209 g/mol. The molecule has 1 saturated carbocycles. The Bertz CT molecular complexity index is 230. The molecule has 0 aromatic heterocycles. The normalized spacial score (nSPS) is 19.9. The van der Waals surface area contributed by atoms with Gasteiger partial charge in [0.2, 0.25) is 0 Å². The lowest BCUT2D eigenvalue weighted by atomic mass is 9.99. The van der Waals surface area contributed by atoms with Crippen LogP contribution in [0.25, 0.3) is 0 Å². The molecule has 0 aliphatic heterocycles. The molecule has 0 spiro atoms. The lowest BCUT2D eigenvalue weighted by molar-refractivity contribution is 0.287. The Balaban J connectivity index is 2.28. The largest absolute Gasteiger partial charge is 0.306 e. The monoisotopic (exact) mass is 209 g/mol. The Hall–Kier alpha value is -0.590. The van der Waals surface area contributed by atoms with E-state index in [1.165, 1.54) is 19.3 Å². The van der Waals surface area contributed by atoms with Gasteiger partial charge in [0.05, 0.1) is 6.07 Å². The van der Waals surface area contributed by atoms with E-state index >= 15 is 0 Å². The standard InChI is InChI=1S/C12H23N3/c1-4-8-15(3)9-7-12(2,10-13)14-11-5-6-11/h11,14H,4-9H2,1-3H3. The smallest absolute Gasteiger partial charge is 0.105 e. The average Bonchev–Trinajstić information content (AvgIpc) is 2.99. The maximum absolute atomic E-state index is 9.17. The van der Waals surface area contributed by atoms with Gasteiger partial charge in [-0.1, -0.05) is 6.92 Å². The van der Waals surface area contributed by atoms with Gasteiger partial charge >= 0.3 is 0 Å². The Kier molecular flexibility index (Phi) is 4.56. The molecule has 15 heavy (non-hydrogen) atoms. The lowest BCUT2D eigenvalue weighted by Crippen LogP contribution is -2.44. The zero-order valence-electron chi connectivity index (χ0n) is 10.2. The molecule has 1 fully saturated rings. The highest BCUT2D eigenvalue weighted by Gasteiger charge is 2.32. The van der Waals surface area contributed by atoms with Gasteiger partial charge in [0.25, 0.3) is 0 Å². The summed E-state index contributed by atoms with van der Waals surface area (Å²) in [5.74, 6) is 0. The van der Waals surface area contributed by atoms with Crippen LogP contribution in [-0.2, 0) is 0 Å². The Morgan fingerprint density at radius 3 is 2.60 bits per heavy atom. The van der Waals surface area contributed by atoms with E-state index in [2.05, 4.69) is 30.3 Å². The second-order valence-electron chi connectivity index (χ2n) is 4.92. The third kappa shape index (κ3) is 4.63. The first-order chi connectivity index (χ1) is 7.09. The fourth-order valence-corrected chi connectivity index (χ4v) is 1.75. The van der Waals surface area contributed by atoms with Crippen LogP contribution in [0.2, 0.25) is 0 Å². The zero-order chi connectivity index (χ0) is 11.3. The van der Waals surface area contributed by atoms with Crippen molar-refractivity contribution in [1.29, 1.82) is 5.26 Å². The van der Waals surface area contributed by atoms with E-state index in [4.69, 9.17) is 0 Å². The third-order valence-electron chi connectivity index (χ3n) is 2.95. The summed E-state index contributed by atoms with van der Waals surface area (Å²) >= 11 is 0. The van der Waals surface area contributed by atoms with Crippen LogP contribution in [-0.4, -0.2) is 36.6 Å². The molecule has 0 saturated heterocycles. The minimum atomic E-state index is -0.330. The summed E-state index contributed by atoms with van der Waals surface area (Å²) in [6.07, 6.45) is 4.57. The maximum atomic E-state index is 9.17. The minimum absolute atomic E-state index is 0.330. The first-order valence-electron chi connectivity index (χ1n) is 5.97. The van der Waals surface area contributed by atoms with E-state index in [1.54, 1.807) is 0 Å². The van der Waals surface area contributed by atoms with Crippen LogP contribution in [0.3, 0.4) is 0 Å². The molecule has 1 aliphatic carbocycles. The Labute approximate surface area is 93.5 Å². The lowest BCUT2D eigenvalue weighted by Gasteiger charge is -2.26. The molecule has 0 aromatic carbocycles. The molecule has 0 radical (unpaired) electrons. The van der Waals surface area contributed by atoms with Gasteiger partial charge in [-0.05, 0) is 46.2 Å². The Morgan fingerprint density at radius 1 is 1.47 bits per heavy atom. The summed E-state index contributed by atoms with van der Waals surface area (Å²) in [5, 5.41) is 12.6. The molecular weight excluding hydrogens is 186 g/mol. The van der Waals surface area contributed by atoms with E-state index in [9.17, 15) is 5.26 Å². The highest BCUT2D eigenvalue weighted by Crippen LogP contribution is 2.23. The number of rotatable bonds is 7. The predicted octanol–water partition coefficient (Wildman–Crippen LogP) is 1.75. The van der Waals surface area contributed by atoms with Gasteiger partial charge in [-0.3, -0.25) is 5.32 Å². The minimum Gasteiger partial charge on any atom is -0.306 e. The summed E-state index contributed by atoms with van der Waals surface area (Å²) in [5.41, 5.74) is -0.330. The molecule has 0 heterocycles. The third-order valence-corrected chi connectivity index (χ3v) is 2.95. The number of hydrogen-bond donors (Lipinski definition) is 1. The molecule has 1 aliphatic rings. The van der Waals surface area contributed by atoms with Gasteiger partial charge in [-0.25, -0.2) is 0 Å². The van der Waals surface area contributed by atoms with Crippen LogP contribution in [0.1, 0.15) is 39.5 Å². The second-order valence-corrected chi connectivity index (χ2v) is 4.92. The van der Waals surface area contributed by atoms with Crippen molar-refractivity contribution in [1.82, 2.24) is 10.2 Å². The van der Waals surface area contributed by atoms with Gasteiger partial charge in [-0.15, -0.1) is 0 Å². The van der Waals surface area contributed by atoms with Gasteiger partial charge in [0.1, 0.15) is 5.54 Å². The van der Waals surface area contributed by atoms with Crippen molar-refractivity contribution in [2.75, 3.05) is 20.1 Å². The molecule has 1 unspecified atom stereocenters. The van der Waals surface area contributed by atoms with Crippen molar-refractivity contribution in [3.8, 4) is 6.07 Å². The SMILES string of the molecule is CCCN(C)CCC(C)(C#N)NC1CC1. The Morgan fingerprint density at radius 2 is 2.13 bits per heavy atom. The summed E-state index contributed by atoms with van der Waals surface area (Å²) < 4.78 is 0.